The number of hydrogen-bond acceptors (Lipinski definition) is 4. The number of anilines is 2. The van der Waals surface area contributed by atoms with Crippen molar-refractivity contribution in [3.05, 3.63) is 46.3 Å². The summed E-state index contributed by atoms with van der Waals surface area (Å²) in [6, 6.07) is 9.01. The lowest BCUT2D eigenvalue weighted by Crippen LogP contribution is -2.02. The van der Waals surface area contributed by atoms with Crippen LogP contribution in [0.4, 0.5) is 11.5 Å². The maximum absolute atomic E-state index is 5.95. The van der Waals surface area contributed by atoms with Gasteiger partial charge in [0.2, 0.25) is 0 Å². The molecule has 2 aromatic rings. The third kappa shape index (κ3) is 4.35. The standard InChI is InChI=1S/C13H13Cl2N3O/c1-2-19-8-13-17-11(15)7-12(18-13)16-10-5-3-4-9(14)6-10/h3-7H,2,8H2,1H3,(H,16,17,18). The Hall–Kier alpha value is -1.36. The van der Waals surface area contributed by atoms with Gasteiger partial charge in [0.25, 0.3) is 0 Å². The van der Waals surface area contributed by atoms with Gasteiger partial charge in [-0.3, -0.25) is 0 Å². The van der Waals surface area contributed by atoms with E-state index in [1.165, 1.54) is 0 Å². The summed E-state index contributed by atoms with van der Waals surface area (Å²) >= 11 is 11.9. The minimum Gasteiger partial charge on any atom is -0.374 e. The SMILES string of the molecule is CCOCc1nc(Cl)cc(Nc2cccc(Cl)c2)n1. The summed E-state index contributed by atoms with van der Waals surface area (Å²) in [5.74, 6) is 1.15. The summed E-state index contributed by atoms with van der Waals surface area (Å²) in [4.78, 5) is 8.42. The van der Waals surface area contributed by atoms with Crippen molar-refractivity contribution in [2.75, 3.05) is 11.9 Å². The summed E-state index contributed by atoms with van der Waals surface area (Å²) in [5, 5.41) is 4.15. The van der Waals surface area contributed by atoms with E-state index in [1.807, 2.05) is 19.1 Å². The van der Waals surface area contributed by atoms with Crippen molar-refractivity contribution in [2.45, 2.75) is 13.5 Å². The normalized spacial score (nSPS) is 10.5. The Morgan fingerprint density at radius 2 is 2.05 bits per heavy atom. The quantitative estimate of drug-likeness (QED) is 0.845. The van der Waals surface area contributed by atoms with Crippen LogP contribution in [0.5, 0.6) is 0 Å². The first kappa shape index (κ1) is 14.1. The van der Waals surface area contributed by atoms with Crippen molar-refractivity contribution < 1.29 is 4.74 Å². The van der Waals surface area contributed by atoms with E-state index >= 15 is 0 Å². The topological polar surface area (TPSA) is 47.0 Å². The summed E-state index contributed by atoms with van der Waals surface area (Å²) in [6.45, 7) is 2.85. The molecule has 0 amide bonds. The largest absolute Gasteiger partial charge is 0.374 e. The molecule has 0 saturated carbocycles. The van der Waals surface area contributed by atoms with Crippen LogP contribution in [-0.4, -0.2) is 16.6 Å². The van der Waals surface area contributed by atoms with Gasteiger partial charge in [0.05, 0.1) is 0 Å². The first-order chi connectivity index (χ1) is 9.17. The first-order valence-electron chi connectivity index (χ1n) is 5.81. The van der Waals surface area contributed by atoms with Crippen LogP contribution in [-0.2, 0) is 11.3 Å². The highest BCUT2D eigenvalue weighted by Crippen LogP contribution is 2.20. The lowest BCUT2D eigenvalue weighted by molar-refractivity contribution is 0.128. The number of rotatable bonds is 5. The first-order valence-corrected chi connectivity index (χ1v) is 6.57. The molecule has 0 radical (unpaired) electrons. The molecule has 1 aromatic heterocycles. The minimum absolute atomic E-state index is 0.335. The number of nitrogens with zero attached hydrogens (tertiary/aromatic N) is 2. The van der Waals surface area contributed by atoms with E-state index in [2.05, 4.69) is 15.3 Å². The molecule has 0 aliphatic carbocycles. The van der Waals surface area contributed by atoms with Crippen molar-refractivity contribution in [1.29, 1.82) is 0 Å². The number of halogens is 2. The molecule has 1 heterocycles. The fourth-order valence-corrected chi connectivity index (χ4v) is 1.89. The van der Waals surface area contributed by atoms with Crippen LogP contribution in [0.3, 0.4) is 0 Å². The van der Waals surface area contributed by atoms with E-state index < -0.39 is 0 Å². The van der Waals surface area contributed by atoms with Gasteiger partial charge >= 0.3 is 0 Å². The van der Waals surface area contributed by atoms with E-state index in [0.29, 0.717) is 35.0 Å². The molecule has 6 heteroatoms. The number of hydrogen-bond donors (Lipinski definition) is 1. The predicted octanol–water partition coefficient (Wildman–Crippen LogP) is 4.06. The molecule has 100 valence electrons. The van der Waals surface area contributed by atoms with E-state index in [-0.39, 0.29) is 0 Å². The maximum atomic E-state index is 5.95. The second kappa shape index (κ2) is 6.70. The molecule has 19 heavy (non-hydrogen) atoms. The second-order valence-electron chi connectivity index (χ2n) is 3.76. The number of ether oxygens (including phenoxy) is 1. The highest BCUT2D eigenvalue weighted by Gasteiger charge is 2.04. The molecule has 0 aliphatic rings. The van der Waals surface area contributed by atoms with E-state index in [9.17, 15) is 0 Å². The third-order valence-electron chi connectivity index (χ3n) is 2.27. The van der Waals surface area contributed by atoms with E-state index in [4.69, 9.17) is 27.9 Å². The predicted molar refractivity (Wildman–Crippen MR) is 77.1 cm³/mol. The highest BCUT2D eigenvalue weighted by atomic mass is 35.5. The van der Waals surface area contributed by atoms with E-state index in [0.717, 1.165) is 5.69 Å². The van der Waals surface area contributed by atoms with Gasteiger partial charge in [-0.25, -0.2) is 9.97 Å². The Morgan fingerprint density at radius 1 is 1.21 bits per heavy atom. The molecule has 0 spiro atoms. The average molecular weight is 298 g/mol. The Bertz CT molecular complexity index is 563. The lowest BCUT2D eigenvalue weighted by atomic mass is 10.3. The van der Waals surface area contributed by atoms with Gasteiger partial charge in [-0.1, -0.05) is 29.3 Å². The molecule has 0 bridgehead atoms. The van der Waals surface area contributed by atoms with Gasteiger partial charge in [0.1, 0.15) is 17.6 Å². The zero-order chi connectivity index (χ0) is 13.7. The molecule has 1 aromatic carbocycles. The van der Waals surface area contributed by atoms with Crippen molar-refractivity contribution >= 4 is 34.7 Å². The van der Waals surface area contributed by atoms with Crippen molar-refractivity contribution in [3.8, 4) is 0 Å². The number of aromatic nitrogens is 2. The van der Waals surface area contributed by atoms with Crippen LogP contribution in [0.15, 0.2) is 30.3 Å². The van der Waals surface area contributed by atoms with Gasteiger partial charge in [-0.15, -0.1) is 0 Å². The molecule has 0 aliphatic heterocycles. The second-order valence-corrected chi connectivity index (χ2v) is 4.59. The molecule has 0 atom stereocenters. The van der Waals surface area contributed by atoms with Crippen LogP contribution in [0.1, 0.15) is 12.7 Å². The summed E-state index contributed by atoms with van der Waals surface area (Å²) in [5.41, 5.74) is 0.838. The lowest BCUT2D eigenvalue weighted by Gasteiger charge is -2.08. The molecule has 0 unspecified atom stereocenters. The fraction of sp³-hybridized carbons (Fsp3) is 0.231. The van der Waals surface area contributed by atoms with Crippen molar-refractivity contribution in [2.24, 2.45) is 0 Å². The average Bonchev–Trinajstić information content (AvgIpc) is 2.35. The van der Waals surface area contributed by atoms with Crippen LogP contribution in [0, 0.1) is 0 Å². The molecule has 0 saturated heterocycles. The van der Waals surface area contributed by atoms with Crippen LogP contribution in [0.25, 0.3) is 0 Å². The maximum Gasteiger partial charge on any atom is 0.158 e. The minimum atomic E-state index is 0.335. The Labute approximate surface area is 121 Å². The number of nitrogens with one attached hydrogen (secondary N) is 1. The van der Waals surface area contributed by atoms with Gasteiger partial charge in [-0.05, 0) is 25.1 Å². The summed E-state index contributed by atoms with van der Waals surface area (Å²) in [7, 11) is 0. The van der Waals surface area contributed by atoms with Gasteiger partial charge in [-0.2, -0.15) is 0 Å². The van der Waals surface area contributed by atoms with Crippen LogP contribution in [0.2, 0.25) is 10.2 Å². The summed E-state index contributed by atoms with van der Waals surface area (Å²) < 4.78 is 5.27. The fourth-order valence-electron chi connectivity index (χ4n) is 1.50. The Kier molecular flexibility index (Phi) is 4.96. The van der Waals surface area contributed by atoms with Crippen LogP contribution >= 0.6 is 23.2 Å². The summed E-state index contributed by atoms with van der Waals surface area (Å²) in [6.07, 6.45) is 0. The monoisotopic (exact) mass is 297 g/mol. The smallest absolute Gasteiger partial charge is 0.158 e. The molecular weight excluding hydrogens is 285 g/mol. The van der Waals surface area contributed by atoms with Gasteiger partial charge in [0.15, 0.2) is 5.82 Å². The molecular formula is C13H13Cl2N3O. The molecule has 1 N–H and O–H groups in total. The van der Waals surface area contributed by atoms with Gasteiger partial charge < -0.3 is 10.1 Å². The molecule has 2 rings (SSSR count). The van der Waals surface area contributed by atoms with Gasteiger partial charge in [0, 0.05) is 23.4 Å². The zero-order valence-corrected chi connectivity index (χ0v) is 11.9. The molecule has 0 fully saturated rings. The Balaban J connectivity index is 2.17. The van der Waals surface area contributed by atoms with Crippen molar-refractivity contribution in [3.63, 3.8) is 0 Å². The van der Waals surface area contributed by atoms with Crippen LogP contribution < -0.4 is 5.32 Å². The molecule has 4 nitrogen and oxygen atoms in total. The Morgan fingerprint density at radius 3 is 2.79 bits per heavy atom. The highest BCUT2D eigenvalue weighted by molar-refractivity contribution is 6.31. The zero-order valence-electron chi connectivity index (χ0n) is 10.4. The van der Waals surface area contributed by atoms with E-state index in [1.54, 1.807) is 18.2 Å². The van der Waals surface area contributed by atoms with Crippen molar-refractivity contribution in [1.82, 2.24) is 9.97 Å². The number of benzene rings is 1. The third-order valence-corrected chi connectivity index (χ3v) is 2.70.